The zero-order chi connectivity index (χ0) is 11.4. The molecule has 4 fully saturated rings. The smallest absolute Gasteiger partial charge is 0.0745 e. The molecule has 0 aliphatic heterocycles. The minimum Gasteiger partial charge on any atom is -0.550 e. The summed E-state index contributed by atoms with van der Waals surface area (Å²) in [5, 5.41) is 11.5. The zero-order valence-electron chi connectivity index (χ0n) is 9.84. The highest BCUT2D eigenvalue weighted by atomic mass is 16.4. The van der Waals surface area contributed by atoms with Gasteiger partial charge in [-0.3, -0.25) is 0 Å². The van der Waals surface area contributed by atoms with E-state index in [1.165, 1.54) is 19.3 Å². The molecule has 0 aromatic rings. The second-order valence-electron chi connectivity index (χ2n) is 6.63. The number of aliphatic carboxylic acids is 1. The number of hydrogen-bond acceptors (Lipinski definition) is 2. The van der Waals surface area contributed by atoms with Crippen LogP contribution in [0.5, 0.6) is 0 Å². The van der Waals surface area contributed by atoms with Crippen molar-refractivity contribution in [1.82, 2.24) is 0 Å². The van der Waals surface area contributed by atoms with Crippen LogP contribution in [0.3, 0.4) is 0 Å². The Labute approximate surface area is 96.4 Å². The molecule has 4 atom stereocenters. The number of carbonyl (C=O) groups excluding carboxylic acids is 1. The Hall–Kier alpha value is -0.570. The van der Waals surface area contributed by atoms with Gasteiger partial charge in [0, 0.05) is 17.8 Å². The molecule has 4 saturated carbocycles. The molecular formula is C13H21NO2. The molecule has 4 aliphatic carbocycles. The molecule has 0 heterocycles. The van der Waals surface area contributed by atoms with Crippen LogP contribution in [0.1, 0.15) is 44.9 Å². The molecule has 0 spiro atoms. The normalized spacial score (nSPS) is 49.6. The third-order valence-corrected chi connectivity index (χ3v) is 5.32. The quantitative estimate of drug-likeness (QED) is 0.729. The summed E-state index contributed by atoms with van der Waals surface area (Å²) in [6.07, 6.45) is 7.57. The van der Waals surface area contributed by atoms with Gasteiger partial charge in [0.2, 0.25) is 0 Å². The van der Waals surface area contributed by atoms with E-state index in [0.717, 1.165) is 32.2 Å². The van der Waals surface area contributed by atoms with E-state index in [4.69, 9.17) is 0 Å². The molecule has 3 heteroatoms. The van der Waals surface area contributed by atoms with Gasteiger partial charge in [0.05, 0.1) is 6.54 Å². The number of quaternary nitrogens is 1. The summed E-state index contributed by atoms with van der Waals surface area (Å²) >= 11 is 0. The Kier molecular flexibility index (Phi) is 2.13. The van der Waals surface area contributed by atoms with Crippen molar-refractivity contribution in [2.75, 3.05) is 6.54 Å². The maximum absolute atomic E-state index is 11.5. The molecule has 0 aromatic heterocycles. The molecule has 0 saturated heterocycles. The van der Waals surface area contributed by atoms with E-state index in [0.29, 0.717) is 17.3 Å². The van der Waals surface area contributed by atoms with Crippen LogP contribution in [-0.2, 0) is 4.79 Å². The van der Waals surface area contributed by atoms with Crippen molar-refractivity contribution in [3.05, 3.63) is 0 Å². The van der Waals surface area contributed by atoms with Crippen LogP contribution < -0.4 is 10.8 Å². The lowest BCUT2D eigenvalue weighted by Gasteiger charge is -2.62. The van der Waals surface area contributed by atoms with Gasteiger partial charge in [0.15, 0.2) is 0 Å². The topological polar surface area (TPSA) is 67.8 Å². The third-order valence-electron chi connectivity index (χ3n) is 5.32. The second-order valence-corrected chi connectivity index (χ2v) is 6.63. The lowest BCUT2D eigenvalue weighted by atomic mass is 9.43. The summed E-state index contributed by atoms with van der Waals surface area (Å²) in [5.41, 5.74) is 3.82. The van der Waals surface area contributed by atoms with Crippen molar-refractivity contribution < 1.29 is 15.6 Å². The molecule has 3 nitrogen and oxygen atoms in total. The van der Waals surface area contributed by atoms with Gasteiger partial charge in [-0.1, -0.05) is 0 Å². The van der Waals surface area contributed by atoms with Crippen molar-refractivity contribution in [3.63, 3.8) is 0 Å². The molecule has 0 amide bonds. The van der Waals surface area contributed by atoms with E-state index in [-0.39, 0.29) is 0 Å². The van der Waals surface area contributed by atoms with E-state index in [9.17, 15) is 9.90 Å². The summed E-state index contributed by atoms with van der Waals surface area (Å²) < 4.78 is 0. The van der Waals surface area contributed by atoms with E-state index in [1.807, 2.05) is 0 Å². The van der Waals surface area contributed by atoms with Gasteiger partial charge in [0.1, 0.15) is 0 Å². The SMILES string of the molecule is [NH3+]CCC12C[C@H]3C[C@@H](C1)CC(C(=O)[O-])(C3)C2. The second kappa shape index (κ2) is 3.22. The van der Waals surface area contributed by atoms with Crippen molar-refractivity contribution in [2.24, 2.45) is 22.7 Å². The average Bonchev–Trinajstić information content (AvgIpc) is 2.14. The van der Waals surface area contributed by atoms with Gasteiger partial charge in [-0.05, 0) is 55.8 Å². The van der Waals surface area contributed by atoms with Crippen molar-refractivity contribution in [2.45, 2.75) is 44.9 Å². The molecular weight excluding hydrogens is 202 g/mol. The number of carbonyl (C=O) groups is 1. The Morgan fingerprint density at radius 1 is 1.25 bits per heavy atom. The van der Waals surface area contributed by atoms with Gasteiger partial charge < -0.3 is 15.6 Å². The Balaban J connectivity index is 1.93. The third kappa shape index (κ3) is 1.33. The summed E-state index contributed by atoms with van der Waals surface area (Å²) in [6, 6.07) is 0. The number of carboxylic acids is 1. The molecule has 16 heavy (non-hydrogen) atoms. The highest BCUT2D eigenvalue weighted by Gasteiger charge is 2.57. The summed E-state index contributed by atoms with van der Waals surface area (Å²) in [5.74, 6) is 0.548. The Bertz CT molecular complexity index is 312. The Morgan fingerprint density at radius 2 is 1.88 bits per heavy atom. The zero-order valence-corrected chi connectivity index (χ0v) is 9.84. The molecule has 2 unspecified atom stereocenters. The number of carboxylic acid groups (broad SMARTS) is 1. The van der Waals surface area contributed by atoms with E-state index >= 15 is 0 Å². The Morgan fingerprint density at radius 3 is 2.38 bits per heavy atom. The fraction of sp³-hybridized carbons (Fsp3) is 0.923. The molecule has 4 bridgehead atoms. The van der Waals surface area contributed by atoms with Crippen LogP contribution >= 0.6 is 0 Å². The predicted molar refractivity (Wildman–Crippen MR) is 56.9 cm³/mol. The first-order valence-electron chi connectivity index (χ1n) is 6.58. The van der Waals surface area contributed by atoms with Crippen LogP contribution in [0.15, 0.2) is 0 Å². The van der Waals surface area contributed by atoms with E-state index < -0.39 is 11.4 Å². The standard InChI is InChI=1S/C13H21NO2/c14-2-1-12-4-9-3-10(5-12)7-13(6-9,8-12)11(15)16/h9-10H,1-8,14H2,(H,15,16)/t9-,10+,12?,13?. The highest BCUT2D eigenvalue weighted by molar-refractivity contribution is 5.73. The first kappa shape index (κ1) is 10.6. The first-order valence-corrected chi connectivity index (χ1v) is 6.58. The molecule has 4 rings (SSSR count). The fourth-order valence-electron chi connectivity index (χ4n) is 5.36. The van der Waals surface area contributed by atoms with Crippen LogP contribution in [-0.4, -0.2) is 12.5 Å². The number of hydrogen-bond donors (Lipinski definition) is 1. The fourth-order valence-corrected chi connectivity index (χ4v) is 5.36. The first-order chi connectivity index (χ1) is 7.57. The van der Waals surface area contributed by atoms with Gasteiger partial charge >= 0.3 is 0 Å². The molecule has 4 aliphatic rings. The van der Waals surface area contributed by atoms with Crippen LogP contribution in [0, 0.1) is 22.7 Å². The van der Waals surface area contributed by atoms with Gasteiger partial charge in [-0.2, -0.15) is 0 Å². The predicted octanol–water partition coefficient (Wildman–Crippen LogP) is -0.0451. The van der Waals surface area contributed by atoms with Gasteiger partial charge in [-0.25, -0.2) is 0 Å². The monoisotopic (exact) mass is 223 g/mol. The maximum atomic E-state index is 11.5. The highest BCUT2D eigenvalue weighted by Crippen LogP contribution is 2.65. The largest absolute Gasteiger partial charge is 0.550 e. The number of rotatable bonds is 3. The van der Waals surface area contributed by atoms with Crippen molar-refractivity contribution in [1.29, 1.82) is 0 Å². The molecule has 90 valence electrons. The minimum absolute atomic E-state index is 0.311. The maximum Gasteiger partial charge on any atom is 0.0745 e. The van der Waals surface area contributed by atoms with Crippen LogP contribution in [0.2, 0.25) is 0 Å². The van der Waals surface area contributed by atoms with Crippen LogP contribution in [0.25, 0.3) is 0 Å². The van der Waals surface area contributed by atoms with Crippen molar-refractivity contribution >= 4 is 5.97 Å². The minimum atomic E-state index is -0.768. The van der Waals surface area contributed by atoms with Crippen LogP contribution in [0.4, 0.5) is 0 Å². The summed E-state index contributed by atoms with van der Waals surface area (Å²) in [6.45, 7) is 0.947. The lowest BCUT2D eigenvalue weighted by molar-refractivity contribution is -0.376. The van der Waals surface area contributed by atoms with Gasteiger partial charge in [0.25, 0.3) is 0 Å². The summed E-state index contributed by atoms with van der Waals surface area (Å²) in [4.78, 5) is 11.5. The van der Waals surface area contributed by atoms with Gasteiger partial charge in [-0.15, -0.1) is 0 Å². The molecule has 0 radical (unpaired) electrons. The molecule has 0 aromatic carbocycles. The summed E-state index contributed by atoms with van der Waals surface area (Å²) in [7, 11) is 0. The lowest BCUT2D eigenvalue weighted by Crippen LogP contribution is -2.60. The van der Waals surface area contributed by atoms with E-state index in [2.05, 4.69) is 5.73 Å². The van der Waals surface area contributed by atoms with E-state index in [1.54, 1.807) is 0 Å². The molecule has 3 N–H and O–H groups in total. The average molecular weight is 223 g/mol. The van der Waals surface area contributed by atoms with Crippen molar-refractivity contribution in [3.8, 4) is 0 Å².